The van der Waals surface area contributed by atoms with Gasteiger partial charge in [-0.3, -0.25) is 4.90 Å². The van der Waals surface area contributed by atoms with Gasteiger partial charge >= 0.3 is 0 Å². The number of tetrazole rings is 1. The molecular formula is C15H20N6. The monoisotopic (exact) mass is 284 g/mol. The summed E-state index contributed by atoms with van der Waals surface area (Å²) in [5, 5.41) is 15.7. The summed E-state index contributed by atoms with van der Waals surface area (Å²) in [6.45, 7) is 6.25. The Labute approximate surface area is 124 Å². The van der Waals surface area contributed by atoms with Crippen molar-refractivity contribution in [3.8, 4) is 0 Å². The van der Waals surface area contributed by atoms with E-state index in [2.05, 4.69) is 37.9 Å². The van der Waals surface area contributed by atoms with Crippen LogP contribution >= 0.6 is 0 Å². The van der Waals surface area contributed by atoms with Crippen molar-refractivity contribution in [3.05, 3.63) is 41.7 Å². The normalized spacial score (nSPS) is 25.3. The molecule has 1 aromatic carbocycles. The van der Waals surface area contributed by atoms with Crippen molar-refractivity contribution in [1.29, 1.82) is 0 Å². The van der Waals surface area contributed by atoms with Gasteiger partial charge in [0, 0.05) is 13.1 Å². The lowest BCUT2D eigenvalue weighted by Crippen LogP contribution is -2.27. The molecule has 21 heavy (non-hydrogen) atoms. The lowest BCUT2D eigenvalue weighted by molar-refractivity contribution is 0.292. The Kier molecular flexibility index (Phi) is 3.40. The first kappa shape index (κ1) is 12.9. The molecule has 0 bridgehead atoms. The molecule has 2 atom stereocenters. The van der Waals surface area contributed by atoms with E-state index in [1.807, 2.05) is 22.9 Å². The van der Waals surface area contributed by atoms with Crippen molar-refractivity contribution in [2.75, 3.05) is 26.2 Å². The van der Waals surface area contributed by atoms with Crippen LogP contribution in [0.1, 0.15) is 11.4 Å². The summed E-state index contributed by atoms with van der Waals surface area (Å²) in [5.74, 6) is 2.58. The van der Waals surface area contributed by atoms with Crippen LogP contribution in [0.3, 0.4) is 0 Å². The Bertz CT molecular complexity index is 583. The lowest BCUT2D eigenvalue weighted by atomic mass is 10.0. The number of aromatic nitrogens is 4. The third-order valence-electron chi connectivity index (χ3n) is 4.61. The summed E-state index contributed by atoms with van der Waals surface area (Å²) in [7, 11) is 0. The van der Waals surface area contributed by atoms with E-state index in [1.54, 1.807) is 0 Å². The Hall–Kier alpha value is -1.79. The van der Waals surface area contributed by atoms with Crippen molar-refractivity contribution in [1.82, 2.24) is 30.4 Å². The van der Waals surface area contributed by atoms with Gasteiger partial charge in [0.25, 0.3) is 0 Å². The number of nitrogens with one attached hydrogen (secondary N) is 1. The van der Waals surface area contributed by atoms with Crippen LogP contribution in [0, 0.1) is 11.8 Å². The van der Waals surface area contributed by atoms with Crippen LogP contribution in [-0.4, -0.2) is 51.3 Å². The minimum atomic E-state index is 0.741. The van der Waals surface area contributed by atoms with Gasteiger partial charge in [-0.1, -0.05) is 30.3 Å². The van der Waals surface area contributed by atoms with Crippen molar-refractivity contribution in [2.45, 2.75) is 13.1 Å². The van der Waals surface area contributed by atoms with Crippen LogP contribution in [-0.2, 0) is 13.1 Å². The maximum absolute atomic E-state index is 4.21. The number of hydrogen-bond acceptors (Lipinski definition) is 5. The van der Waals surface area contributed by atoms with Crippen LogP contribution in [0.25, 0.3) is 0 Å². The van der Waals surface area contributed by atoms with Gasteiger partial charge in [0.05, 0.1) is 13.1 Å². The highest BCUT2D eigenvalue weighted by Crippen LogP contribution is 2.27. The zero-order chi connectivity index (χ0) is 14.1. The minimum absolute atomic E-state index is 0.741. The molecule has 2 aliphatic rings. The Morgan fingerprint density at radius 1 is 1.05 bits per heavy atom. The third-order valence-corrected chi connectivity index (χ3v) is 4.61. The second-order valence-electron chi connectivity index (χ2n) is 6.11. The highest BCUT2D eigenvalue weighted by molar-refractivity contribution is 5.15. The number of rotatable bonds is 4. The topological polar surface area (TPSA) is 58.9 Å². The first-order valence-electron chi connectivity index (χ1n) is 7.60. The van der Waals surface area contributed by atoms with Crippen molar-refractivity contribution < 1.29 is 0 Å². The summed E-state index contributed by atoms with van der Waals surface area (Å²) < 4.78 is 1.92. The molecule has 110 valence electrons. The van der Waals surface area contributed by atoms with Crippen LogP contribution < -0.4 is 5.32 Å². The van der Waals surface area contributed by atoms with E-state index < -0.39 is 0 Å². The molecular weight excluding hydrogens is 264 g/mol. The van der Waals surface area contributed by atoms with Crippen LogP contribution in [0.2, 0.25) is 0 Å². The van der Waals surface area contributed by atoms with Gasteiger partial charge in [-0.2, -0.15) is 0 Å². The van der Waals surface area contributed by atoms with E-state index >= 15 is 0 Å². The second kappa shape index (κ2) is 5.54. The van der Waals surface area contributed by atoms with Gasteiger partial charge in [0.1, 0.15) is 0 Å². The standard InChI is InChI=1S/C15H20N6/c1-2-4-12(5-3-1)8-21-15(17-18-19-21)11-20-9-13-6-16-7-14(13)10-20/h1-5,13-14,16H,6-11H2/t13-,14+. The summed E-state index contributed by atoms with van der Waals surface area (Å²) in [5.41, 5.74) is 1.23. The fourth-order valence-corrected chi connectivity index (χ4v) is 3.50. The Morgan fingerprint density at radius 3 is 2.57 bits per heavy atom. The number of likely N-dealkylation sites (tertiary alicyclic amines) is 1. The Morgan fingerprint density at radius 2 is 1.81 bits per heavy atom. The molecule has 6 heteroatoms. The fraction of sp³-hybridized carbons (Fsp3) is 0.533. The third kappa shape index (κ3) is 2.69. The smallest absolute Gasteiger partial charge is 0.165 e. The average molecular weight is 284 g/mol. The van der Waals surface area contributed by atoms with E-state index in [9.17, 15) is 0 Å². The predicted octanol–water partition coefficient (Wildman–Crippen LogP) is 0.373. The molecule has 0 radical (unpaired) electrons. The molecule has 0 amide bonds. The number of nitrogens with zero attached hydrogens (tertiary/aromatic N) is 5. The molecule has 1 N–H and O–H groups in total. The van der Waals surface area contributed by atoms with E-state index in [4.69, 9.17) is 0 Å². The van der Waals surface area contributed by atoms with Crippen molar-refractivity contribution >= 4 is 0 Å². The van der Waals surface area contributed by atoms with E-state index in [-0.39, 0.29) is 0 Å². The molecule has 4 rings (SSSR count). The summed E-state index contributed by atoms with van der Waals surface area (Å²) in [6, 6.07) is 10.3. The SMILES string of the molecule is c1ccc(Cn2nnnc2CN2C[C@H]3CNC[C@H]3C2)cc1. The lowest BCUT2D eigenvalue weighted by Gasteiger charge is -2.16. The predicted molar refractivity (Wildman–Crippen MR) is 78.5 cm³/mol. The zero-order valence-corrected chi connectivity index (χ0v) is 12.0. The Balaban J connectivity index is 1.43. The molecule has 0 aliphatic carbocycles. The number of fused-ring (bicyclic) bond motifs is 1. The minimum Gasteiger partial charge on any atom is -0.316 e. The summed E-state index contributed by atoms with van der Waals surface area (Å²) in [4.78, 5) is 2.49. The largest absolute Gasteiger partial charge is 0.316 e. The van der Waals surface area contributed by atoms with E-state index in [0.29, 0.717) is 0 Å². The zero-order valence-electron chi connectivity index (χ0n) is 12.0. The molecule has 1 aromatic heterocycles. The number of benzene rings is 1. The van der Waals surface area contributed by atoms with Gasteiger partial charge in [0.15, 0.2) is 5.82 Å². The van der Waals surface area contributed by atoms with Gasteiger partial charge in [0.2, 0.25) is 0 Å². The van der Waals surface area contributed by atoms with Crippen molar-refractivity contribution in [3.63, 3.8) is 0 Å². The molecule has 2 fully saturated rings. The summed E-state index contributed by atoms with van der Waals surface area (Å²) >= 11 is 0. The van der Waals surface area contributed by atoms with Crippen molar-refractivity contribution in [2.24, 2.45) is 11.8 Å². The molecule has 6 nitrogen and oxygen atoms in total. The molecule has 2 aromatic rings. The van der Waals surface area contributed by atoms with Crippen LogP contribution in [0.5, 0.6) is 0 Å². The highest BCUT2D eigenvalue weighted by atomic mass is 15.5. The first-order chi connectivity index (χ1) is 10.4. The molecule has 0 spiro atoms. The van der Waals surface area contributed by atoms with E-state index in [0.717, 1.165) is 56.9 Å². The fourth-order valence-electron chi connectivity index (χ4n) is 3.50. The molecule has 0 unspecified atom stereocenters. The highest BCUT2D eigenvalue weighted by Gasteiger charge is 2.36. The summed E-state index contributed by atoms with van der Waals surface area (Å²) in [6.07, 6.45) is 0. The molecule has 3 heterocycles. The maximum atomic E-state index is 4.21. The van der Waals surface area contributed by atoms with Gasteiger partial charge in [-0.25, -0.2) is 4.68 Å². The number of hydrogen-bond donors (Lipinski definition) is 1. The van der Waals surface area contributed by atoms with Gasteiger partial charge in [-0.05, 0) is 40.9 Å². The maximum Gasteiger partial charge on any atom is 0.165 e. The van der Waals surface area contributed by atoms with Crippen LogP contribution in [0.4, 0.5) is 0 Å². The average Bonchev–Trinajstić information content (AvgIpc) is 3.17. The molecule has 0 saturated carbocycles. The van der Waals surface area contributed by atoms with Gasteiger partial charge in [-0.15, -0.1) is 5.10 Å². The second-order valence-corrected chi connectivity index (χ2v) is 6.11. The van der Waals surface area contributed by atoms with Gasteiger partial charge < -0.3 is 5.32 Å². The first-order valence-corrected chi connectivity index (χ1v) is 7.60. The van der Waals surface area contributed by atoms with E-state index in [1.165, 1.54) is 5.56 Å². The van der Waals surface area contributed by atoms with Crippen LogP contribution in [0.15, 0.2) is 30.3 Å². The quantitative estimate of drug-likeness (QED) is 0.879. The molecule has 2 saturated heterocycles. The molecule has 2 aliphatic heterocycles.